The molecule has 0 fully saturated rings. The van der Waals surface area contributed by atoms with E-state index >= 15 is 0 Å². The topological polar surface area (TPSA) is 84.5 Å². The number of hydrogen-bond acceptors (Lipinski definition) is 4. The van der Waals surface area contributed by atoms with E-state index in [0.717, 1.165) is 11.1 Å². The highest BCUT2D eigenvalue weighted by Gasteiger charge is 2.27. The van der Waals surface area contributed by atoms with Crippen LogP contribution in [-0.4, -0.2) is 35.7 Å². The predicted octanol–water partition coefficient (Wildman–Crippen LogP) is 3.86. The van der Waals surface area contributed by atoms with Crippen LogP contribution in [0.4, 0.5) is 4.79 Å². The molecule has 0 aliphatic rings. The summed E-state index contributed by atoms with van der Waals surface area (Å²) in [5.41, 5.74) is 1.75. The fraction of sp³-hybridized carbons (Fsp3) is 0.375. The van der Waals surface area contributed by atoms with Gasteiger partial charge in [0.25, 0.3) is 0 Å². The lowest BCUT2D eigenvalue weighted by molar-refractivity contribution is -0.128. The van der Waals surface area contributed by atoms with Crippen molar-refractivity contribution in [2.45, 2.75) is 45.4 Å². The molecule has 0 aromatic heterocycles. The van der Waals surface area contributed by atoms with Crippen LogP contribution in [0.25, 0.3) is 0 Å². The molecule has 2 rings (SSSR count). The number of ketones is 1. The molecule has 2 unspecified atom stereocenters. The first-order valence-electron chi connectivity index (χ1n) is 10.3. The maximum absolute atomic E-state index is 12.9. The van der Waals surface area contributed by atoms with E-state index < -0.39 is 24.1 Å². The van der Waals surface area contributed by atoms with Crippen LogP contribution in [-0.2, 0) is 27.4 Å². The van der Waals surface area contributed by atoms with Crippen LogP contribution < -0.4 is 10.6 Å². The van der Waals surface area contributed by atoms with E-state index in [4.69, 9.17) is 16.3 Å². The Hall–Kier alpha value is -2.86. The van der Waals surface area contributed by atoms with Gasteiger partial charge in [-0.25, -0.2) is 4.79 Å². The maximum Gasteiger partial charge on any atom is 0.408 e. The first-order valence-corrected chi connectivity index (χ1v) is 10.8. The van der Waals surface area contributed by atoms with E-state index in [1.165, 1.54) is 0 Å². The van der Waals surface area contributed by atoms with Crippen LogP contribution >= 0.6 is 11.6 Å². The van der Waals surface area contributed by atoms with Gasteiger partial charge in [-0.05, 0) is 29.9 Å². The Bertz CT molecular complexity index is 843. The van der Waals surface area contributed by atoms with Gasteiger partial charge in [0.1, 0.15) is 12.6 Å². The summed E-state index contributed by atoms with van der Waals surface area (Å²) in [5.74, 6) is -0.792. The van der Waals surface area contributed by atoms with E-state index in [9.17, 15) is 14.4 Å². The SMILES string of the molecule is CC(C)CC(NC(=O)OCc1ccccc1)C(=O)NC(Cc1ccccc1)C(=O)CCl. The van der Waals surface area contributed by atoms with Crippen LogP contribution in [0.3, 0.4) is 0 Å². The zero-order valence-electron chi connectivity index (χ0n) is 17.8. The van der Waals surface area contributed by atoms with Crippen molar-refractivity contribution in [3.8, 4) is 0 Å². The lowest BCUT2D eigenvalue weighted by Gasteiger charge is -2.23. The Morgan fingerprint density at radius 1 is 0.871 bits per heavy atom. The molecular weight excluding hydrogens is 416 g/mol. The molecule has 2 aromatic carbocycles. The van der Waals surface area contributed by atoms with Gasteiger partial charge in [0.2, 0.25) is 5.91 Å². The molecule has 0 saturated heterocycles. The van der Waals surface area contributed by atoms with Gasteiger partial charge in [-0.15, -0.1) is 11.6 Å². The van der Waals surface area contributed by atoms with Gasteiger partial charge < -0.3 is 15.4 Å². The normalized spacial score (nSPS) is 12.6. The molecule has 6 nitrogen and oxygen atoms in total. The van der Waals surface area contributed by atoms with Crippen molar-refractivity contribution in [1.29, 1.82) is 0 Å². The summed E-state index contributed by atoms with van der Waals surface area (Å²) in [5, 5.41) is 5.38. The van der Waals surface area contributed by atoms with Crippen molar-refractivity contribution in [1.82, 2.24) is 10.6 Å². The van der Waals surface area contributed by atoms with Crippen molar-refractivity contribution >= 4 is 29.4 Å². The molecule has 31 heavy (non-hydrogen) atoms. The molecule has 2 atom stereocenters. The number of ether oxygens (including phenoxy) is 1. The zero-order chi connectivity index (χ0) is 22.6. The third kappa shape index (κ3) is 8.80. The minimum absolute atomic E-state index is 0.101. The summed E-state index contributed by atoms with van der Waals surface area (Å²) >= 11 is 5.75. The van der Waals surface area contributed by atoms with Gasteiger partial charge in [0, 0.05) is 0 Å². The van der Waals surface area contributed by atoms with Crippen molar-refractivity contribution in [3.63, 3.8) is 0 Å². The van der Waals surface area contributed by atoms with E-state index in [0.29, 0.717) is 12.8 Å². The first kappa shape index (κ1) is 24.4. The molecule has 2 amide bonds. The summed E-state index contributed by atoms with van der Waals surface area (Å²) in [6.45, 7) is 4.00. The predicted molar refractivity (Wildman–Crippen MR) is 121 cm³/mol. The summed E-state index contributed by atoms with van der Waals surface area (Å²) in [4.78, 5) is 37.5. The number of carbonyl (C=O) groups excluding carboxylic acids is 3. The second-order valence-corrected chi connectivity index (χ2v) is 8.01. The fourth-order valence-electron chi connectivity index (χ4n) is 3.07. The number of alkyl carbamates (subject to hydrolysis) is 1. The second-order valence-electron chi connectivity index (χ2n) is 7.74. The molecule has 0 bridgehead atoms. The Labute approximate surface area is 188 Å². The fourth-order valence-corrected chi connectivity index (χ4v) is 3.26. The van der Waals surface area contributed by atoms with Gasteiger partial charge in [-0.2, -0.15) is 0 Å². The molecular formula is C24H29ClN2O4. The number of nitrogens with one attached hydrogen (secondary N) is 2. The highest BCUT2D eigenvalue weighted by Crippen LogP contribution is 2.09. The molecule has 0 aliphatic heterocycles. The highest BCUT2D eigenvalue weighted by atomic mass is 35.5. The summed E-state index contributed by atoms with van der Waals surface area (Å²) in [6, 6.07) is 17.0. The molecule has 0 saturated carbocycles. The number of halogens is 1. The zero-order valence-corrected chi connectivity index (χ0v) is 18.6. The van der Waals surface area contributed by atoms with Crippen LogP contribution in [0.15, 0.2) is 60.7 Å². The third-order valence-corrected chi connectivity index (χ3v) is 4.91. The standard InChI is InChI=1S/C24H29ClN2O4/c1-17(2)13-21(27-24(30)31-16-19-11-7-4-8-12-19)23(29)26-20(22(28)15-25)14-18-9-5-3-6-10-18/h3-12,17,20-21H,13-16H2,1-2H3,(H,26,29)(H,27,30). The van der Waals surface area contributed by atoms with E-state index in [-0.39, 0.29) is 24.2 Å². The van der Waals surface area contributed by atoms with Crippen LogP contribution in [0.2, 0.25) is 0 Å². The monoisotopic (exact) mass is 444 g/mol. The number of alkyl halides is 1. The van der Waals surface area contributed by atoms with Gasteiger partial charge >= 0.3 is 6.09 Å². The number of amides is 2. The molecule has 2 aromatic rings. The van der Waals surface area contributed by atoms with Crippen LogP contribution in [0.5, 0.6) is 0 Å². The molecule has 0 aliphatic carbocycles. The lowest BCUT2D eigenvalue weighted by atomic mass is 10.00. The Morgan fingerprint density at radius 2 is 1.45 bits per heavy atom. The molecule has 0 spiro atoms. The molecule has 7 heteroatoms. The number of hydrogen-bond donors (Lipinski definition) is 2. The number of Topliss-reactive ketones (excluding diaryl/α,β-unsaturated/α-hetero) is 1. The second kappa shape index (κ2) is 12.7. The molecule has 0 radical (unpaired) electrons. The summed E-state index contributed by atoms with van der Waals surface area (Å²) < 4.78 is 5.24. The summed E-state index contributed by atoms with van der Waals surface area (Å²) in [7, 11) is 0. The number of rotatable bonds is 11. The molecule has 0 heterocycles. The average Bonchev–Trinajstić information content (AvgIpc) is 2.77. The molecule has 166 valence electrons. The van der Waals surface area contributed by atoms with Crippen molar-refractivity contribution in [2.75, 3.05) is 5.88 Å². The average molecular weight is 445 g/mol. The lowest BCUT2D eigenvalue weighted by Crippen LogP contribution is -2.53. The Balaban J connectivity index is 2.01. The largest absolute Gasteiger partial charge is 0.445 e. The minimum Gasteiger partial charge on any atom is -0.445 e. The van der Waals surface area contributed by atoms with Crippen molar-refractivity contribution in [3.05, 3.63) is 71.8 Å². The molecule has 2 N–H and O–H groups in total. The number of benzene rings is 2. The van der Waals surface area contributed by atoms with Gasteiger partial charge in [-0.1, -0.05) is 74.5 Å². The smallest absolute Gasteiger partial charge is 0.408 e. The maximum atomic E-state index is 12.9. The number of carbonyl (C=O) groups is 3. The summed E-state index contributed by atoms with van der Waals surface area (Å²) in [6.07, 6.45) is 0.0395. The van der Waals surface area contributed by atoms with Gasteiger partial charge in [0.05, 0.1) is 11.9 Å². The Morgan fingerprint density at radius 3 is 2.00 bits per heavy atom. The quantitative estimate of drug-likeness (QED) is 0.515. The van der Waals surface area contributed by atoms with Gasteiger partial charge in [-0.3, -0.25) is 9.59 Å². The third-order valence-electron chi connectivity index (χ3n) is 4.65. The van der Waals surface area contributed by atoms with E-state index in [1.54, 1.807) is 0 Å². The minimum atomic E-state index is -0.829. The van der Waals surface area contributed by atoms with Crippen molar-refractivity contribution < 1.29 is 19.1 Å². The highest BCUT2D eigenvalue weighted by molar-refractivity contribution is 6.28. The van der Waals surface area contributed by atoms with E-state index in [1.807, 2.05) is 74.5 Å². The van der Waals surface area contributed by atoms with Crippen LogP contribution in [0, 0.1) is 5.92 Å². The van der Waals surface area contributed by atoms with E-state index in [2.05, 4.69) is 10.6 Å². The van der Waals surface area contributed by atoms with Gasteiger partial charge in [0.15, 0.2) is 5.78 Å². The first-order chi connectivity index (χ1) is 14.9. The Kier molecular flexibility index (Phi) is 10.0. The van der Waals surface area contributed by atoms with Crippen LogP contribution in [0.1, 0.15) is 31.4 Å². The van der Waals surface area contributed by atoms with Crippen molar-refractivity contribution in [2.24, 2.45) is 5.92 Å².